The zero-order chi connectivity index (χ0) is 14.0. The predicted molar refractivity (Wildman–Crippen MR) is 81.3 cm³/mol. The highest BCUT2D eigenvalue weighted by Gasteiger charge is 2.31. The maximum absolute atomic E-state index is 12.1. The standard InChI is InChI=1S/C15H28O2S/c1-12(17-18(5,6)15(2,3)4)11-14(16)13-9-7-8-10-13/h9,12H,7-8,10-11H2,1-6H3/t12-/m1/s1. The second-order valence-corrected chi connectivity index (χ2v) is 10.4. The van der Waals surface area contributed by atoms with Gasteiger partial charge in [0.25, 0.3) is 0 Å². The number of hydrogen-bond donors (Lipinski definition) is 0. The van der Waals surface area contributed by atoms with Gasteiger partial charge in [0.1, 0.15) is 0 Å². The highest BCUT2D eigenvalue weighted by atomic mass is 32.3. The summed E-state index contributed by atoms with van der Waals surface area (Å²) < 4.78 is 6.32. The molecule has 1 aliphatic rings. The smallest absolute Gasteiger partial charge is 0.161 e. The molecule has 0 fully saturated rings. The minimum absolute atomic E-state index is 0.0169. The van der Waals surface area contributed by atoms with Gasteiger partial charge in [0, 0.05) is 11.2 Å². The van der Waals surface area contributed by atoms with Gasteiger partial charge in [-0.15, -0.1) is 10.3 Å². The second-order valence-electron chi connectivity index (χ2n) is 6.50. The first kappa shape index (κ1) is 15.8. The van der Waals surface area contributed by atoms with Gasteiger partial charge >= 0.3 is 0 Å². The SMILES string of the molecule is C[C@H](CC(=O)C1=CCCC1)OS(C)(C)C(C)(C)C. The van der Waals surface area contributed by atoms with Crippen molar-refractivity contribution in [1.82, 2.24) is 0 Å². The molecular weight excluding hydrogens is 244 g/mol. The van der Waals surface area contributed by atoms with Gasteiger partial charge in [-0.05, 0) is 44.3 Å². The summed E-state index contributed by atoms with van der Waals surface area (Å²) in [4.78, 5) is 12.1. The van der Waals surface area contributed by atoms with Crippen LogP contribution < -0.4 is 0 Å². The number of ketones is 1. The topological polar surface area (TPSA) is 26.3 Å². The number of hydrogen-bond acceptors (Lipinski definition) is 2. The van der Waals surface area contributed by atoms with Crippen LogP contribution in [0.25, 0.3) is 0 Å². The van der Waals surface area contributed by atoms with Crippen molar-refractivity contribution in [3.8, 4) is 0 Å². The molecule has 1 atom stereocenters. The molecule has 0 amide bonds. The summed E-state index contributed by atoms with van der Waals surface area (Å²) >= 11 is 0. The molecule has 0 radical (unpaired) electrons. The highest BCUT2D eigenvalue weighted by molar-refractivity contribution is 8.29. The van der Waals surface area contributed by atoms with E-state index in [2.05, 4.69) is 39.4 Å². The van der Waals surface area contributed by atoms with E-state index in [1.165, 1.54) is 0 Å². The number of carbonyl (C=O) groups excluding carboxylic acids is 1. The van der Waals surface area contributed by atoms with E-state index in [0.29, 0.717) is 6.42 Å². The van der Waals surface area contributed by atoms with E-state index in [4.69, 9.17) is 4.18 Å². The highest BCUT2D eigenvalue weighted by Crippen LogP contribution is 2.54. The molecule has 0 saturated heterocycles. The molecule has 0 aromatic heterocycles. The Morgan fingerprint density at radius 1 is 1.44 bits per heavy atom. The molecule has 0 spiro atoms. The summed E-state index contributed by atoms with van der Waals surface area (Å²) in [5.74, 6) is 0.282. The van der Waals surface area contributed by atoms with E-state index in [1.54, 1.807) is 0 Å². The van der Waals surface area contributed by atoms with E-state index in [-0.39, 0.29) is 16.6 Å². The van der Waals surface area contributed by atoms with E-state index in [9.17, 15) is 4.79 Å². The molecule has 0 bridgehead atoms. The van der Waals surface area contributed by atoms with Crippen LogP contribution in [-0.4, -0.2) is 29.1 Å². The molecule has 3 heteroatoms. The molecule has 1 aliphatic carbocycles. The fourth-order valence-electron chi connectivity index (χ4n) is 1.91. The molecular formula is C15H28O2S. The molecule has 0 unspecified atom stereocenters. The molecule has 0 saturated carbocycles. The van der Waals surface area contributed by atoms with Crippen LogP contribution in [0.4, 0.5) is 0 Å². The lowest BCUT2D eigenvalue weighted by molar-refractivity contribution is -0.116. The van der Waals surface area contributed by atoms with E-state index >= 15 is 0 Å². The minimum atomic E-state index is -1.14. The first-order valence-electron chi connectivity index (χ1n) is 6.77. The summed E-state index contributed by atoms with van der Waals surface area (Å²) in [7, 11) is -1.14. The third kappa shape index (κ3) is 4.13. The number of rotatable bonds is 5. The largest absolute Gasteiger partial charge is 0.333 e. The number of Topliss-reactive ketones (excluding diaryl/α,β-unsaturated/α-hetero) is 1. The number of carbonyl (C=O) groups is 1. The third-order valence-corrected chi connectivity index (χ3v) is 7.51. The van der Waals surface area contributed by atoms with Crippen molar-refractivity contribution in [2.24, 2.45) is 0 Å². The van der Waals surface area contributed by atoms with Gasteiger partial charge in [0.2, 0.25) is 0 Å². The molecule has 1 rings (SSSR count). The maximum Gasteiger partial charge on any atom is 0.161 e. The van der Waals surface area contributed by atoms with E-state index < -0.39 is 10.3 Å². The van der Waals surface area contributed by atoms with Crippen molar-refractivity contribution in [3.63, 3.8) is 0 Å². The Morgan fingerprint density at radius 3 is 2.50 bits per heavy atom. The molecule has 0 N–H and O–H groups in total. The van der Waals surface area contributed by atoms with Crippen LogP contribution in [0.1, 0.15) is 53.4 Å². The lowest BCUT2D eigenvalue weighted by atomic mass is 10.1. The van der Waals surface area contributed by atoms with Crippen molar-refractivity contribution >= 4 is 16.1 Å². The van der Waals surface area contributed by atoms with Crippen molar-refractivity contribution in [1.29, 1.82) is 0 Å². The fourth-order valence-corrected chi connectivity index (χ4v) is 3.08. The quantitative estimate of drug-likeness (QED) is 0.748. The molecule has 106 valence electrons. The van der Waals surface area contributed by atoms with Crippen molar-refractivity contribution in [2.45, 2.75) is 64.2 Å². The van der Waals surface area contributed by atoms with Crippen LogP contribution in [0.2, 0.25) is 0 Å². The predicted octanol–water partition coefficient (Wildman–Crippen LogP) is 4.24. The van der Waals surface area contributed by atoms with Crippen LogP contribution in [0.5, 0.6) is 0 Å². The first-order chi connectivity index (χ1) is 8.13. The van der Waals surface area contributed by atoms with Crippen LogP contribution in [0.3, 0.4) is 0 Å². The molecule has 0 aromatic rings. The van der Waals surface area contributed by atoms with Gasteiger partial charge in [-0.3, -0.25) is 4.79 Å². The van der Waals surface area contributed by atoms with Crippen LogP contribution in [0, 0.1) is 0 Å². The summed E-state index contributed by atoms with van der Waals surface area (Å²) in [6, 6.07) is 0. The lowest BCUT2D eigenvalue weighted by Crippen LogP contribution is -2.29. The van der Waals surface area contributed by atoms with Crippen molar-refractivity contribution in [2.75, 3.05) is 12.5 Å². The Bertz CT molecular complexity index is 337. The van der Waals surface area contributed by atoms with Crippen LogP contribution in [0.15, 0.2) is 11.6 Å². The monoisotopic (exact) mass is 272 g/mol. The van der Waals surface area contributed by atoms with Crippen LogP contribution in [-0.2, 0) is 8.98 Å². The summed E-state index contributed by atoms with van der Waals surface area (Å²) in [5.41, 5.74) is 1.02. The Hall–Kier alpha value is -0.280. The first-order valence-corrected chi connectivity index (χ1v) is 9.14. The Morgan fingerprint density at radius 2 is 2.06 bits per heavy atom. The summed E-state index contributed by atoms with van der Waals surface area (Å²) in [5, 5.41) is 0. The van der Waals surface area contributed by atoms with E-state index in [0.717, 1.165) is 24.8 Å². The Balaban J connectivity index is 2.51. The van der Waals surface area contributed by atoms with Gasteiger partial charge in [-0.2, -0.15) is 0 Å². The number of allylic oxidation sites excluding steroid dienone is 2. The average molecular weight is 272 g/mol. The molecule has 0 aliphatic heterocycles. The van der Waals surface area contributed by atoms with Gasteiger partial charge in [0.15, 0.2) is 5.78 Å². The Labute approximate surface area is 114 Å². The zero-order valence-corrected chi connectivity index (χ0v) is 13.5. The lowest BCUT2D eigenvalue weighted by Gasteiger charge is -2.45. The van der Waals surface area contributed by atoms with Gasteiger partial charge < -0.3 is 4.18 Å². The van der Waals surface area contributed by atoms with E-state index in [1.807, 2.05) is 6.92 Å². The van der Waals surface area contributed by atoms with Gasteiger partial charge in [0.05, 0.1) is 6.10 Å². The summed E-state index contributed by atoms with van der Waals surface area (Å²) in [6.07, 6.45) is 10.2. The van der Waals surface area contributed by atoms with Crippen LogP contribution >= 0.6 is 10.3 Å². The van der Waals surface area contributed by atoms with Gasteiger partial charge in [-0.1, -0.05) is 26.8 Å². The molecule has 0 aromatic carbocycles. The van der Waals surface area contributed by atoms with Crippen molar-refractivity contribution < 1.29 is 8.98 Å². The third-order valence-electron chi connectivity index (χ3n) is 3.75. The minimum Gasteiger partial charge on any atom is -0.333 e. The normalized spacial score (nSPS) is 19.6. The van der Waals surface area contributed by atoms with Gasteiger partial charge in [-0.25, -0.2) is 0 Å². The maximum atomic E-state index is 12.1. The molecule has 18 heavy (non-hydrogen) atoms. The molecule has 0 heterocycles. The second kappa shape index (κ2) is 5.79. The average Bonchev–Trinajstić information content (AvgIpc) is 2.66. The van der Waals surface area contributed by atoms with Crippen molar-refractivity contribution in [3.05, 3.63) is 11.6 Å². The fraction of sp³-hybridized carbons (Fsp3) is 0.800. The zero-order valence-electron chi connectivity index (χ0n) is 12.7. The molecule has 2 nitrogen and oxygen atoms in total. The Kier molecular flexibility index (Phi) is 5.07. The summed E-state index contributed by atoms with van der Waals surface area (Å²) in [6.45, 7) is 8.64.